The van der Waals surface area contributed by atoms with Crippen LogP contribution in [0.2, 0.25) is 0 Å². The van der Waals surface area contributed by atoms with Crippen molar-refractivity contribution < 1.29 is 0 Å². The number of hydrogen-bond acceptors (Lipinski definition) is 3. The molecule has 0 unspecified atom stereocenters. The predicted octanol–water partition coefficient (Wildman–Crippen LogP) is 4.15. The standard InChI is InChI=1S/C13H10BrN3S/c14-9-4-1-3-8(7-9)11-12(16-17-13(11)15)10-5-2-6-18-10/h1-7H,(H3,15,16,17). The Kier molecular flexibility index (Phi) is 2.93. The van der Waals surface area contributed by atoms with Gasteiger partial charge in [0.1, 0.15) is 0 Å². The second kappa shape index (κ2) is 4.59. The summed E-state index contributed by atoms with van der Waals surface area (Å²) in [6.07, 6.45) is 0. The summed E-state index contributed by atoms with van der Waals surface area (Å²) in [5.41, 5.74) is 8.96. The Bertz CT molecular complexity index is 673. The van der Waals surface area contributed by atoms with Crippen molar-refractivity contribution >= 4 is 33.1 Å². The van der Waals surface area contributed by atoms with Crippen LogP contribution in [0.4, 0.5) is 5.82 Å². The maximum atomic E-state index is 5.98. The maximum absolute atomic E-state index is 5.98. The summed E-state index contributed by atoms with van der Waals surface area (Å²) >= 11 is 5.14. The number of H-pyrrole nitrogens is 1. The van der Waals surface area contributed by atoms with E-state index in [0.29, 0.717) is 5.82 Å². The van der Waals surface area contributed by atoms with Crippen LogP contribution in [-0.4, -0.2) is 10.2 Å². The number of anilines is 1. The monoisotopic (exact) mass is 319 g/mol. The van der Waals surface area contributed by atoms with Crippen molar-refractivity contribution in [1.29, 1.82) is 0 Å². The lowest BCUT2D eigenvalue weighted by atomic mass is 10.0. The highest BCUT2D eigenvalue weighted by Crippen LogP contribution is 2.37. The van der Waals surface area contributed by atoms with Crippen LogP contribution in [0, 0.1) is 0 Å². The van der Waals surface area contributed by atoms with E-state index < -0.39 is 0 Å². The first-order chi connectivity index (χ1) is 8.75. The van der Waals surface area contributed by atoms with Gasteiger partial charge >= 0.3 is 0 Å². The molecule has 0 aliphatic rings. The van der Waals surface area contributed by atoms with Gasteiger partial charge in [0.15, 0.2) is 5.82 Å². The Morgan fingerprint density at radius 1 is 1.22 bits per heavy atom. The van der Waals surface area contributed by atoms with Gasteiger partial charge < -0.3 is 5.73 Å². The van der Waals surface area contributed by atoms with Gasteiger partial charge in [0, 0.05) is 4.47 Å². The number of benzene rings is 1. The summed E-state index contributed by atoms with van der Waals surface area (Å²) in [6, 6.07) is 12.1. The first-order valence-corrected chi connectivity index (χ1v) is 7.06. The highest BCUT2D eigenvalue weighted by atomic mass is 79.9. The van der Waals surface area contributed by atoms with Crippen LogP contribution in [0.1, 0.15) is 0 Å². The average Bonchev–Trinajstić information content (AvgIpc) is 2.97. The second-order valence-electron chi connectivity index (χ2n) is 3.85. The van der Waals surface area contributed by atoms with Crippen LogP contribution in [0.25, 0.3) is 21.7 Å². The van der Waals surface area contributed by atoms with Gasteiger partial charge in [0.25, 0.3) is 0 Å². The van der Waals surface area contributed by atoms with Crippen molar-refractivity contribution in [2.75, 3.05) is 5.73 Å². The van der Waals surface area contributed by atoms with Crippen LogP contribution in [0.5, 0.6) is 0 Å². The number of nitrogens with one attached hydrogen (secondary N) is 1. The van der Waals surface area contributed by atoms with Gasteiger partial charge in [-0.05, 0) is 29.1 Å². The molecule has 0 spiro atoms. The van der Waals surface area contributed by atoms with Crippen LogP contribution in [0.15, 0.2) is 46.3 Å². The molecule has 0 amide bonds. The van der Waals surface area contributed by atoms with Gasteiger partial charge in [-0.2, -0.15) is 5.10 Å². The number of nitrogens with zero attached hydrogens (tertiary/aromatic N) is 1. The van der Waals surface area contributed by atoms with Crippen molar-refractivity contribution in [2.24, 2.45) is 0 Å². The Morgan fingerprint density at radius 3 is 2.83 bits per heavy atom. The number of nitrogens with two attached hydrogens (primary N) is 1. The van der Waals surface area contributed by atoms with Gasteiger partial charge in [0.05, 0.1) is 16.1 Å². The van der Waals surface area contributed by atoms with Crippen LogP contribution in [-0.2, 0) is 0 Å². The molecule has 2 aromatic heterocycles. The summed E-state index contributed by atoms with van der Waals surface area (Å²) in [4.78, 5) is 1.13. The molecule has 5 heteroatoms. The third kappa shape index (κ3) is 1.95. The van der Waals surface area contributed by atoms with Crippen molar-refractivity contribution in [3.63, 3.8) is 0 Å². The highest BCUT2D eigenvalue weighted by molar-refractivity contribution is 9.10. The van der Waals surface area contributed by atoms with E-state index in [4.69, 9.17) is 5.73 Å². The predicted molar refractivity (Wildman–Crippen MR) is 79.4 cm³/mol. The molecule has 0 aliphatic heterocycles. The SMILES string of the molecule is Nc1n[nH]c(-c2cccs2)c1-c1cccc(Br)c1. The highest BCUT2D eigenvalue weighted by Gasteiger charge is 2.15. The fourth-order valence-corrected chi connectivity index (χ4v) is 3.02. The molecular formula is C13H10BrN3S. The molecule has 0 bridgehead atoms. The Labute approximate surface area is 117 Å². The van der Waals surface area contributed by atoms with Gasteiger partial charge in [-0.15, -0.1) is 11.3 Å². The van der Waals surface area contributed by atoms with Crippen LogP contribution in [0.3, 0.4) is 0 Å². The number of thiophene rings is 1. The first kappa shape index (κ1) is 11.5. The number of nitrogen functional groups attached to an aromatic ring is 1. The molecular weight excluding hydrogens is 310 g/mol. The largest absolute Gasteiger partial charge is 0.382 e. The molecule has 1 aromatic carbocycles. The minimum Gasteiger partial charge on any atom is -0.382 e. The molecule has 3 nitrogen and oxygen atoms in total. The van der Waals surface area contributed by atoms with Crippen molar-refractivity contribution in [3.05, 3.63) is 46.3 Å². The number of rotatable bonds is 2. The molecule has 0 aliphatic carbocycles. The molecule has 0 atom stereocenters. The zero-order valence-electron chi connectivity index (χ0n) is 9.35. The molecule has 18 heavy (non-hydrogen) atoms. The van der Waals surface area contributed by atoms with Gasteiger partial charge in [-0.3, -0.25) is 5.10 Å². The molecule has 0 saturated heterocycles. The summed E-state index contributed by atoms with van der Waals surface area (Å²) in [7, 11) is 0. The zero-order valence-corrected chi connectivity index (χ0v) is 11.8. The van der Waals surface area contributed by atoms with E-state index in [9.17, 15) is 0 Å². The summed E-state index contributed by atoms with van der Waals surface area (Å²) < 4.78 is 1.03. The Hall–Kier alpha value is -1.59. The smallest absolute Gasteiger partial charge is 0.153 e. The lowest BCUT2D eigenvalue weighted by molar-refractivity contribution is 1.11. The van der Waals surface area contributed by atoms with Gasteiger partial charge in [-0.1, -0.05) is 34.1 Å². The summed E-state index contributed by atoms with van der Waals surface area (Å²) in [5.74, 6) is 0.525. The molecule has 3 rings (SSSR count). The van der Waals surface area contributed by atoms with Gasteiger partial charge in [-0.25, -0.2) is 0 Å². The average molecular weight is 320 g/mol. The number of aromatic amines is 1. The van der Waals surface area contributed by atoms with Crippen LogP contribution < -0.4 is 5.73 Å². The molecule has 0 radical (unpaired) electrons. The van der Waals surface area contributed by atoms with Gasteiger partial charge in [0.2, 0.25) is 0 Å². The van der Waals surface area contributed by atoms with Crippen molar-refractivity contribution in [3.8, 4) is 21.7 Å². The third-order valence-electron chi connectivity index (χ3n) is 2.68. The van der Waals surface area contributed by atoms with E-state index in [0.717, 1.165) is 26.2 Å². The maximum Gasteiger partial charge on any atom is 0.153 e. The molecule has 0 saturated carbocycles. The van der Waals surface area contributed by atoms with E-state index in [1.54, 1.807) is 11.3 Å². The summed E-state index contributed by atoms with van der Waals surface area (Å²) in [6.45, 7) is 0. The molecule has 3 aromatic rings. The van der Waals surface area contributed by atoms with E-state index in [1.807, 2.05) is 35.7 Å². The van der Waals surface area contributed by atoms with Crippen LogP contribution >= 0.6 is 27.3 Å². The van der Waals surface area contributed by atoms with Crippen molar-refractivity contribution in [2.45, 2.75) is 0 Å². The van der Waals surface area contributed by atoms with E-state index >= 15 is 0 Å². The quantitative estimate of drug-likeness (QED) is 0.745. The third-order valence-corrected chi connectivity index (χ3v) is 4.06. The van der Waals surface area contributed by atoms with E-state index in [2.05, 4.69) is 32.2 Å². The Balaban J connectivity index is 2.20. The van der Waals surface area contributed by atoms with E-state index in [-0.39, 0.29) is 0 Å². The lowest BCUT2D eigenvalue weighted by Gasteiger charge is -2.03. The molecule has 0 fully saturated rings. The zero-order chi connectivity index (χ0) is 12.5. The normalized spacial score (nSPS) is 10.7. The van der Waals surface area contributed by atoms with E-state index in [1.165, 1.54) is 0 Å². The summed E-state index contributed by atoms with van der Waals surface area (Å²) in [5, 5.41) is 9.18. The topological polar surface area (TPSA) is 54.7 Å². The minimum atomic E-state index is 0.525. The Morgan fingerprint density at radius 2 is 2.11 bits per heavy atom. The minimum absolute atomic E-state index is 0.525. The lowest BCUT2D eigenvalue weighted by Crippen LogP contribution is -1.88. The fourth-order valence-electron chi connectivity index (χ4n) is 1.89. The number of halogens is 1. The first-order valence-electron chi connectivity index (χ1n) is 5.39. The second-order valence-corrected chi connectivity index (χ2v) is 5.71. The molecule has 2 heterocycles. The molecule has 90 valence electrons. The van der Waals surface area contributed by atoms with Crippen molar-refractivity contribution in [1.82, 2.24) is 10.2 Å². The molecule has 3 N–H and O–H groups in total. The number of hydrogen-bond donors (Lipinski definition) is 2. The number of aromatic nitrogens is 2. The fraction of sp³-hybridized carbons (Fsp3) is 0.